The number of halogens is 1. The van der Waals surface area contributed by atoms with Gasteiger partial charge < -0.3 is 4.52 Å². The number of hydrogen-bond acceptors (Lipinski definition) is 4. The number of hydrogen-bond donors (Lipinski definition) is 0. The second kappa shape index (κ2) is 5.06. The second-order valence-electron chi connectivity index (χ2n) is 4.64. The monoisotopic (exact) mass is 285 g/mol. The van der Waals surface area contributed by atoms with Crippen molar-refractivity contribution in [2.45, 2.75) is 13.8 Å². The van der Waals surface area contributed by atoms with Gasteiger partial charge in [-0.25, -0.2) is 4.98 Å². The minimum atomic E-state index is 0.350. The summed E-state index contributed by atoms with van der Waals surface area (Å²) in [5.41, 5.74) is 3.88. The molecule has 1 aromatic carbocycles. The summed E-state index contributed by atoms with van der Waals surface area (Å²) >= 11 is 6.03. The molecule has 0 saturated heterocycles. The third-order valence-electron chi connectivity index (χ3n) is 2.90. The van der Waals surface area contributed by atoms with E-state index in [1.165, 1.54) is 0 Å². The van der Waals surface area contributed by atoms with Crippen LogP contribution in [0.2, 0.25) is 5.15 Å². The van der Waals surface area contributed by atoms with E-state index in [1.807, 2.05) is 26.0 Å². The molecule has 0 bridgehead atoms. The van der Waals surface area contributed by atoms with Crippen LogP contribution in [0.4, 0.5) is 0 Å². The number of rotatable bonds is 2. The molecule has 0 saturated carbocycles. The minimum Gasteiger partial charge on any atom is -0.333 e. The molecule has 0 radical (unpaired) electrons. The highest BCUT2D eigenvalue weighted by atomic mass is 35.5. The smallest absolute Gasteiger partial charge is 0.261 e. The highest BCUT2D eigenvalue weighted by Gasteiger charge is 2.14. The van der Waals surface area contributed by atoms with Gasteiger partial charge in [0, 0.05) is 11.8 Å². The first-order valence-corrected chi connectivity index (χ1v) is 6.54. The van der Waals surface area contributed by atoms with Crippen molar-refractivity contribution < 1.29 is 4.52 Å². The van der Waals surface area contributed by atoms with Crippen molar-refractivity contribution in [1.82, 2.24) is 15.1 Å². The van der Waals surface area contributed by atoms with Gasteiger partial charge in [0.15, 0.2) is 0 Å². The lowest BCUT2D eigenvalue weighted by atomic mass is 10.1. The van der Waals surface area contributed by atoms with Crippen molar-refractivity contribution in [3.05, 3.63) is 52.8 Å². The normalized spacial score (nSPS) is 10.8. The van der Waals surface area contributed by atoms with Gasteiger partial charge in [0.25, 0.3) is 5.89 Å². The van der Waals surface area contributed by atoms with Crippen LogP contribution in [0.1, 0.15) is 11.1 Å². The molecular weight excluding hydrogens is 274 g/mol. The molecule has 2 aromatic heterocycles. The molecule has 0 N–H and O–H groups in total. The summed E-state index contributed by atoms with van der Waals surface area (Å²) in [4.78, 5) is 8.39. The molecule has 20 heavy (non-hydrogen) atoms. The molecule has 0 aliphatic rings. The molecule has 0 unspecified atom stereocenters. The van der Waals surface area contributed by atoms with Crippen molar-refractivity contribution in [2.75, 3.05) is 0 Å². The Balaban J connectivity index is 2.04. The Bertz CT molecular complexity index is 747. The SMILES string of the molecule is Cc1cc(C)cc(-c2noc(-c3cccnc3Cl)n2)c1. The van der Waals surface area contributed by atoms with Crippen molar-refractivity contribution in [1.29, 1.82) is 0 Å². The third kappa shape index (κ3) is 2.42. The summed E-state index contributed by atoms with van der Waals surface area (Å²) in [5.74, 6) is 0.920. The summed E-state index contributed by atoms with van der Waals surface area (Å²) < 4.78 is 5.28. The molecule has 0 aliphatic heterocycles. The van der Waals surface area contributed by atoms with Gasteiger partial charge in [0.05, 0.1) is 5.56 Å². The zero-order chi connectivity index (χ0) is 14.1. The zero-order valence-corrected chi connectivity index (χ0v) is 11.8. The number of benzene rings is 1. The largest absolute Gasteiger partial charge is 0.333 e. The summed E-state index contributed by atoms with van der Waals surface area (Å²) in [5, 5.41) is 4.36. The Labute approximate surface area is 121 Å². The first-order valence-electron chi connectivity index (χ1n) is 6.17. The van der Waals surface area contributed by atoms with Crippen LogP contribution in [-0.4, -0.2) is 15.1 Å². The Hall–Kier alpha value is -2.20. The van der Waals surface area contributed by atoms with Crippen LogP contribution in [-0.2, 0) is 0 Å². The average molecular weight is 286 g/mol. The standard InChI is InChI=1S/C15H12ClN3O/c1-9-6-10(2)8-11(7-9)14-18-15(20-19-14)12-4-3-5-17-13(12)16/h3-8H,1-2H3. The van der Waals surface area contributed by atoms with Crippen LogP contribution in [0.3, 0.4) is 0 Å². The van der Waals surface area contributed by atoms with Gasteiger partial charge in [-0.2, -0.15) is 4.98 Å². The topological polar surface area (TPSA) is 51.8 Å². The molecule has 4 nitrogen and oxygen atoms in total. The van der Waals surface area contributed by atoms with Crippen molar-refractivity contribution >= 4 is 11.6 Å². The van der Waals surface area contributed by atoms with Gasteiger partial charge in [0.1, 0.15) is 5.15 Å². The van der Waals surface area contributed by atoms with E-state index < -0.39 is 0 Å². The zero-order valence-electron chi connectivity index (χ0n) is 11.1. The van der Waals surface area contributed by atoms with Crippen LogP contribution >= 0.6 is 11.6 Å². The highest BCUT2D eigenvalue weighted by molar-refractivity contribution is 6.31. The number of pyridine rings is 1. The maximum Gasteiger partial charge on any atom is 0.261 e. The van der Waals surface area contributed by atoms with Crippen LogP contribution in [0.25, 0.3) is 22.8 Å². The number of aryl methyl sites for hydroxylation is 2. The van der Waals surface area contributed by atoms with E-state index in [1.54, 1.807) is 18.3 Å². The molecule has 2 heterocycles. The molecule has 5 heteroatoms. The quantitative estimate of drug-likeness (QED) is 0.666. The lowest BCUT2D eigenvalue weighted by Crippen LogP contribution is -1.86. The molecule has 0 atom stereocenters. The van der Waals surface area contributed by atoms with Gasteiger partial charge in [-0.05, 0) is 38.1 Å². The van der Waals surface area contributed by atoms with Crippen LogP contribution in [0.5, 0.6) is 0 Å². The van der Waals surface area contributed by atoms with Gasteiger partial charge in [-0.15, -0.1) is 0 Å². The Morgan fingerprint density at radius 1 is 1.10 bits per heavy atom. The maximum absolute atomic E-state index is 6.03. The minimum absolute atomic E-state index is 0.350. The summed E-state index contributed by atoms with van der Waals surface area (Å²) in [6.07, 6.45) is 1.62. The van der Waals surface area contributed by atoms with Crippen molar-refractivity contribution in [2.24, 2.45) is 0 Å². The van der Waals surface area contributed by atoms with Gasteiger partial charge in [0.2, 0.25) is 5.82 Å². The van der Waals surface area contributed by atoms with Crippen LogP contribution in [0.15, 0.2) is 41.1 Å². The average Bonchev–Trinajstić information content (AvgIpc) is 2.87. The van der Waals surface area contributed by atoms with Crippen LogP contribution in [0, 0.1) is 13.8 Å². The van der Waals surface area contributed by atoms with E-state index >= 15 is 0 Å². The Kier molecular flexibility index (Phi) is 3.24. The number of nitrogens with zero attached hydrogens (tertiary/aromatic N) is 3. The van der Waals surface area contributed by atoms with Crippen molar-refractivity contribution in [3.63, 3.8) is 0 Å². The molecule has 100 valence electrons. The summed E-state index contributed by atoms with van der Waals surface area (Å²) in [6, 6.07) is 9.72. The molecule has 0 fully saturated rings. The molecule has 3 rings (SSSR count). The molecular formula is C15H12ClN3O. The van der Waals surface area contributed by atoms with Gasteiger partial charge in [-0.1, -0.05) is 34.0 Å². The molecule has 0 spiro atoms. The summed E-state index contributed by atoms with van der Waals surface area (Å²) in [6.45, 7) is 4.07. The lowest BCUT2D eigenvalue weighted by molar-refractivity contribution is 0.432. The van der Waals surface area contributed by atoms with E-state index in [0.29, 0.717) is 22.4 Å². The molecule has 0 amide bonds. The predicted molar refractivity (Wildman–Crippen MR) is 77.4 cm³/mol. The Morgan fingerprint density at radius 2 is 1.85 bits per heavy atom. The van der Waals surface area contributed by atoms with E-state index in [0.717, 1.165) is 16.7 Å². The van der Waals surface area contributed by atoms with E-state index in [2.05, 4.69) is 21.2 Å². The third-order valence-corrected chi connectivity index (χ3v) is 3.20. The van der Waals surface area contributed by atoms with E-state index in [4.69, 9.17) is 16.1 Å². The molecule has 3 aromatic rings. The first kappa shape index (κ1) is 12.8. The van der Waals surface area contributed by atoms with E-state index in [-0.39, 0.29) is 0 Å². The summed E-state index contributed by atoms with van der Waals surface area (Å²) in [7, 11) is 0. The van der Waals surface area contributed by atoms with Gasteiger partial charge in [-0.3, -0.25) is 0 Å². The maximum atomic E-state index is 6.03. The Morgan fingerprint density at radius 3 is 2.55 bits per heavy atom. The van der Waals surface area contributed by atoms with Crippen LogP contribution < -0.4 is 0 Å². The molecule has 0 aliphatic carbocycles. The highest BCUT2D eigenvalue weighted by Crippen LogP contribution is 2.27. The number of aromatic nitrogens is 3. The van der Waals surface area contributed by atoms with E-state index in [9.17, 15) is 0 Å². The fraction of sp³-hybridized carbons (Fsp3) is 0.133. The van der Waals surface area contributed by atoms with Crippen molar-refractivity contribution in [3.8, 4) is 22.8 Å². The fourth-order valence-corrected chi connectivity index (χ4v) is 2.30. The lowest BCUT2D eigenvalue weighted by Gasteiger charge is -1.99. The second-order valence-corrected chi connectivity index (χ2v) is 5.00. The predicted octanol–water partition coefficient (Wildman–Crippen LogP) is 4.07. The first-order chi connectivity index (χ1) is 9.63. The van der Waals surface area contributed by atoms with Gasteiger partial charge >= 0.3 is 0 Å². The fourth-order valence-electron chi connectivity index (χ4n) is 2.10.